The van der Waals surface area contributed by atoms with E-state index in [1.54, 1.807) is 0 Å². The van der Waals surface area contributed by atoms with Crippen LogP contribution in [-0.2, 0) is 6.42 Å². The minimum absolute atomic E-state index is 0.427. The molecule has 3 heterocycles. The highest BCUT2D eigenvalue weighted by Gasteiger charge is 2.29. The van der Waals surface area contributed by atoms with Gasteiger partial charge in [-0.15, -0.1) is 0 Å². The first-order valence-corrected chi connectivity index (χ1v) is 6.80. The normalized spacial score (nSPS) is 25.9. The maximum absolute atomic E-state index is 10.1. The summed E-state index contributed by atoms with van der Waals surface area (Å²) in [6.07, 6.45) is 4.49. The summed E-state index contributed by atoms with van der Waals surface area (Å²) in [6, 6.07) is 0. The van der Waals surface area contributed by atoms with E-state index >= 15 is 0 Å². The molecule has 1 saturated heterocycles. The fraction of sp³-hybridized carbons (Fsp3) is 0.750. The molecule has 0 spiro atoms. The molecule has 1 atom stereocenters. The Labute approximate surface area is 106 Å². The molecule has 2 aliphatic heterocycles. The molecule has 94 valence electrons. The summed E-state index contributed by atoms with van der Waals surface area (Å²) in [7, 11) is 0. The summed E-state index contributed by atoms with van der Waals surface area (Å²) >= 11 is 6.19. The molecule has 0 amide bonds. The Morgan fingerprint density at radius 2 is 2.06 bits per heavy atom. The quantitative estimate of drug-likeness (QED) is 0.805. The highest BCUT2D eigenvalue weighted by molar-refractivity contribution is 6.30. The molecule has 2 aliphatic rings. The monoisotopic (exact) mass is 255 g/mol. The standard InChI is InChI=1S/C12H18ClN3O/c13-11-9-2-1-3-10(17)16(9)12(15-11)8-4-6-14-7-5-8/h8,10,14,17H,1-7H2. The van der Waals surface area contributed by atoms with Crippen LogP contribution in [0.4, 0.5) is 0 Å². The van der Waals surface area contributed by atoms with Gasteiger partial charge in [-0.25, -0.2) is 4.98 Å². The molecular weight excluding hydrogens is 238 g/mol. The third-order valence-corrected chi connectivity index (χ3v) is 4.17. The zero-order valence-corrected chi connectivity index (χ0v) is 10.6. The molecule has 0 aliphatic carbocycles. The molecule has 0 bridgehead atoms. The molecule has 0 aromatic carbocycles. The van der Waals surface area contributed by atoms with E-state index in [0.29, 0.717) is 11.1 Å². The highest BCUT2D eigenvalue weighted by Crippen LogP contribution is 2.35. The van der Waals surface area contributed by atoms with Crippen molar-refractivity contribution in [3.05, 3.63) is 16.7 Å². The molecule has 3 rings (SSSR count). The van der Waals surface area contributed by atoms with Crippen molar-refractivity contribution in [2.45, 2.75) is 44.2 Å². The van der Waals surface area contributed by atoms with Gasteiger partial charge in [0.1, 0.15) is 12.1 Å². The van der Waals surface area contributed by atoms with Crippen molar-refractivity contribution in [2.24, 2.45) is 0 Å². The second kappa shape index (κ2) is 4.59. The molecule has 1 aromatic rings. The largest absolute Gasteiger partial charge is 0.373 e. The third kappa shape index (κ3) is 1.98. The number of nitrogens with zero attached hydrogens (tertiary/aromatic N) is 2. The summed E-state index contributed by atoms with van der Waals surface area (Å²) < 4.78 is 1.99. The number of imidazole rings is 1. The molecule has 4 nitrogen and oxygen atoms in total. The smallest absolute Gasteiger partial charge is 0.150 e. The average molecular weight is 256 g/mol. The first-order valence-electron chi connectivity index (χ1n) is 6.42. The van der Waals surface area contributed by atoms with E-state index in [9.17, 15) is 5.11 Å². The number of aromatic nitrogens is 2. The number of fused-ring (bicyclic) bond motifs is 1. The van der Waals surface area contributed by atoms with E-state index in [1.165, 1.54) is 0 Å². The lowest BCUT2D eigenvalue weighted by atomic mass is 9.96. The van der Waals surface area contributed by atoms with Gasteiger partial charge < -0.3 is 15.0 Å². The maximum atomic E-state index is 10.1. The second-order valence-electron chi connectivity index (χ2n) is 4.97. The number of halogens is 1. The van der Waals surface area contributed by atoms with E-state index in [-0.39, 0.29) is 0 Å². The molecule has 2 N–H and O–H groups in total. The van der Waals surface area contributed by atoms with Gasteiger partial charge in [-0.05, 0) is 45.2 Å². The molecule has 1 fully saturated rings. The van der Waals surface area contributed by atoms with Gasteiger partial charge in [-0.2, -0.15) is 0 Å². The molecule has 1 aromatic heterocycles. The van der Waals surface area contributed by atoms with Gasteiger partial charge in [0.25, 0.3) is 0 Å². The van der Waals surface area contributed by atoms with Crippen LogP contribution in [0.2, 0.25) is 5.15 Å². The van der Waals surface area contributed by atoms with Gasteiger partial charge in [0.2, 0.25) is 0 Å². The van der Waals surface area contributed by atoms with Crippen molar-refractivity contribution in [1.29, 1.82) is 0 Å². The number of hydrogen-bond donors (Lipinski definition) is 2. The fourth-order valence-electron chi connectivity index (χ4n) is 2.96. The maximum Gasteiger partial charge on any atom is 0.150 e. The molecule has 17 heavy (non-hydrogen) atoms. The number of aliphatic hydroxyl groups is 1. The number of aliphatic hydroxyl groups excluding tert-OH is 1. The summed E-state index contributed by atoms with van der Waals surface area (Å²) in [5.41, 5.74) is 1.03. The Morgan fingerprint density at radius 1 is 1.29 bits per heavy atom. The van der Waals surface area contributed by atoms with Gasteiger partial charge in [-0.3, -0.25) is 0 Å². The van der Waals surface area contributed by atoms with E-state index in [0.717, 1.165) is 56.7 Å². The van der Waals surface area contributed by atoms with Crippen molar-refractivity contribution in [2.75, 3.05) is 13.1 Å². The Hall–Kier alpha value is -0.580. The van der Waals surface area contributed by atoms with Gasteiger partial charge in [0.15, 0.2) is 5.15 Å². The lowest BCUT2D eigenvalue weighted by molar-refractivity contribution is 0.0739. The third-order valence-electron chi connectivity index (χ3n) is 3.87. The lowest BCUT2D eigenvalue weighted by Gasteiger charge is -2.28. The summed E-state index contributed by atoms with van der Waals surface area (Å²) in [5.74, 6) is 1.44. The van der Waals surface area contributed by atoms with Gasteiger partial charge >= 0.3 is 0 Å². The number of hydrogen-bond acceptors (Lipinski definition) is 3. The molecule has 0 radical (unpaired) electrons. The van der Waals surface area contributed by atoms with E-state index in [4.69, 9.17) is 11.6 Å². The second-order valence-corrected chi connectivity index (χ2v) is 5.33. The SMILES string of the molecule is OC1CCCc2c(Cl)nc(C3CCNCC3)n21. The lowest BCUT2D eigenvalue weighted by Crippen LogP contribution is -2.29. The van der Waals surface area contributed by atoms with Gasteiger partial charge in [0.05, 0.1) is 5.69 Å². The van der Waals surface area contributed by atoms with Crippen LogP contribution in [-0.4, -0.2) is 27.7 Å². The predicted octanol–water partition coefficient (Wildman–Crippen LogP) is 1.83. The van der Waals surface area contributed by atoms with E-state index in [1.807, 2.05) is 4.57 Å². The Bertz CT molecular complexity index is 412. The Kier molecular flexibility index (Phi) is 3.11. The first kappa shape index (κ1) is 11.5. The topological polar surface area (TPSA) is 50.1 Å². The minimum atomic E-state index is -0.427. The van der Waals surface area contributed by atoms with Crippen LogP contribution in [0.3, 0.4) is 0 Å². The number of nitrogens with one attached hydrogen (secondary N) is 1. The first-order chi connectivity index (χ1) is 8.27. The fourth-order valence-corrected chi connectivity index (χ4v) is 3.23. The van der Waals surface area contributed by atoms with Crippen molar-refractivity contribution >= 4 is 11.6 Å². The van der Waals surface area contributed by atoms with Crippen LogP contribution in [0, 0.1) is 0 Å². The summed E-state index contributed by atoms with van der Waals surface area (Å²) in [5, 5.41) is 14.1. The van der Waals surface area contributed by atoms with Crippen LogP contribution in [0.25, 0.3) is 0 Å². The Balaban J connectivity index is 1.98. The van der Waals surface area contributed by atoms with Crippen LogP contribution in [0.1, 0.15) is 49.3 Å². The summed E-state index contributed by atoms with van der Waals surface area (Å²) in [6.45, 7) is 2.06. The van der Waals surface area contributed by atoms with Crippen LogP contribution >= 0.6 is 11.6 Å². The zero-order valence-electron chi connectivity index (χ0n) is 9.82. The zero-order chi connectivity index (χ0) is 11.8. The van der Waals surface area contributed by atoms with E-state index < -0.39 is 6.23 Å². The van der Waals surface area contributed by atoms with Crippen molar-refractivity contribution in [3.8, 4) is 0 Å². The van der Waals surface area contributed by atoms with Crippen molar-refractivity contribution < 1.29 is 5.11 Å². The Morgan fingerprint density at radius 3 is 2.82 bits per heavy atom. The van der Waals surface area contributed by atoms with Gasteiger partial charge in [0, 0.05) is 5.92 Å². The van der Waals surface area contributed by atoms with Gasteiger partial charge in [-0.1, -0.05) is 11.6 Å². The highest BCUT2D eigenvalue weighted by atomic mass is 35.5. The molecule has 5 heteroatoms. The van der Waals surface area contributed by atoms with E-state index in [2.05, 4.69) is 10.3 Å². The number of rotatable bonds is 1. The van der Waals surface area contributed by atoms with Crippen LogP contribution in [0.5, 0.6) is 0 Å². The molecule has 0 saturated carbocycles. The average Bonchev–Trinajstić information content (AvgIpc) is 2.70. The molecule has 1 unspecified atom stereocenters. The predicted molar refractivity (Wildman–Crippen MR) is 66.3 cm³/mol. The minimum Gasteiger partial charge on any atom is -0.373 e. The van der Waals surface area contributed by atoms with Crippen molar-refractivity contribution in [3.63, 3.8) is 0 Å². The van der Waals surface area contributed by atoms with Crippen LogP contribution in [0.15, 0.2) is 0 Å². The summed E-state index contributed by atoms with van der Waals surface area (Å²) in [4.78, 5) is 4.51. The number of piperidine rings is 1. The van der Waals surface area contributed by atoms with Crippen LogP contribution < -0.4 is 5.32 Å². The molecular formula is C12H18ClN3O. The van der Waals surface area contributed by atoms with Crippen molar-refractivity contribution in [1.82, 2.24) is 14.9 Å².